The molecule has 2 rings (SSSR count). The van der Waals surface area contributed by atoms with Crippen LogP contribution in [0.25, 0.3) is 5.76 Å². The molecule has 0 unspecified atom stereocenters. The smallest absolute Gasteiger partial charge is 0.343 e. The van der Waals surface area contributed by atoms with Crippen molar-refractivity contribution in [2.24, 2.45) is 4.99 Å². The van der Waals surface area contributed by atoms with Crippen molar-refractivity contribution in [1.29, 1.82) is 0 Å². The summed E-state index contributed by atoms with van der Waals surface area (Å²) in [6.07, 6.45) is -0.187. The Morgan fingerprint density at radius 1 is 1.40 bits per heavy atom. The molecule has 1 saturated carbocycles. The molecule has 0 aliphatic heterocycles. The van der Waals surface area contributed by atoms with E-state index in [-0.39, 0.29) is 13.0 Å². The van der Waals surface area contributed by atoms with Crippen LogP contribution in [0, 0.1) is 17.5 Å². The number of aliphatic hydroxyl groups is 1. The third-order valence-electron chi connectivity index (χ3n) is 3.40. The molecule has 0 heterocycles. The highest BCUT2D eigenvalue weighted by Crippen LogP contribution is 2.32. The highest BCUT2D eigenvalue weighted by atomic mass is 19.2. The minimum Gasteiger partial charge on any atom is -0.506 e. The first-order chi connectivity index (χ1) is 11.8. The van der Waals surface area contributed by atoms with E-state index in [9.17, 15) is 27.5 Å². The zero-order valence-electron chi connectivity index (χ0n) is 13.4. The van der Waals surface area contributed by atoms with Crippen LogP contribution in [0.2, 0.25) is 0 Å². The van der Waals surface area contributed by atoms with Gasteiger partial charge in [-0.1, -0.05) is 0 Å². The Kier molecular flexibility index (Phi) is 5.66. The average Bonchev–Trinajstić information content (AvgIpc) is 3.27. The molecule has 2 atom stereocenters. The van der Waals surface area contributed by atoms with Gasteiger partial charge in [-0.15, -0.1) is 0 Å². The third kappa shape index (κ3) is 3.92. The van der Waals surface area contributed by atoms with Crippen molar-refractivity contribution in [2.45, 2.75) is 25.6 Å². The van der Waals surface area contributed by atoms with Gasteiger partial charge in [-0.05, 0) is 13.0 Å². The lowest BCUT2D eigenvalue weighted by molar-refractivity contribution is -0.137. The van der Waals surface area contributed by atoms with Gasteiger partial charge in [0.25, 0.3) is 0 Å². The fraction of sp³-hybridized carbons (Fsp3) is 0.375. The van der Waals surface area contributed by atoms with Crippen LogP contribution in [0.5, 0.6) is 5.75 Å². The van der Waals surface area contributed by atoms with E-state index in [1.54, 1.807) is 0 Å². The van der Waals surface area contributed by atoms with E-state index in [1.807, 2.05) is 0 Å². The Morgan fingerprint density at radius 3 is 2.56 bits per heavy atom. The molecule has 5 nitrogen and oxygen atoms in total. The van der Waals surface area contributed by atoms with E-state index < -0.39 is 58.3 Å². The molecular weight excluding hydrogens is 346 g/mol. The number of methoxy groups -OCH3 is 1. The maximum Gasteiger partial charge on any atom is 0.343 e. The van der Waals surface area contributed by atoms with Crippen LogP contribution in [0.3, 0.4) is 0 Å². The van der Waals surface area contributed by atoms with Crippen LogP contribution in [-0.4, -0.2) is 43.2 Å². The monoisotopic (exact) mass is 361 g/mol. The summed E-state index contributed by atoms with van der Waals surface area (Å²) in [6, 6.07) is -0.313. The zero-order valence-corrected chi connectivity index (χ0v) is 13.4. The number of hydrogen-bond acceptors (Lipinski definition) is 5. The lowest BCUT2D eigenvalue weighted by atomic mass is 10.1. The Labute approximate surface area is 140 Å². The van der Waals surface area contributed by atoms with E-state index in [4.69, 9.17) is 4.74 Å². The van der Waals surface area contributed by atoms with Crippen molar-refractivity contribution >= 4 is 17.9 Å². The Hall–Kier alpha value is -2.58. The summed E-state index contributed by atoms with van der Waals surface area (Å²) in [5.74, 6) is -7.67. The van der Waals surface area contributed by atoms with E-state index in [0.717, 1.165) is 13.3 Å². The number of ether oxygens (including phenoxy) is 2. The van der Waals surface area contributed by atoms with Gasteiger partial charge in [-0.2, -0.15) is 4.39 Å². The van der Waals surface area contributed by atoms with Crippen molar-refractivity contribution in [2.75, 3.05) is 13.7 Å². The van der Waals surface area contributed by atoms with Gasteiger partial charge in [0, 0.05) is 12.6 Å². The summed E-state index contributed by atoms with van der Waals surface area (Å²) < 4.78 is 63.4. The van der Waals surface area contributed by atoms with Crippen LogP contribution < -0.4 is 4.74 Å². The summed E-state index contributed by atoms with van der Waals surface area (Å²) >= 11 is 0. The van der Waals surface area contributed by atoms with E-state index >= 15 is 0 Å². The zero-order chi connectivity index (χ0) is 18.7. The van der Waals surface area contributed by atoms with Gasteiger partial charge in [0.05, 0.1) is 25.3 Å². The lowest BCUT2D eigenvalue weighted by Gasteiger charge is -2.11. The summed E-state index contributed by atoms with van der Waals surface area (Å²) in [7, 11) is 0.910. The number of carbonyl (C=O) groups is 1. The molecule has 0 radical (unpaired) electrons. The Balaban J connectivity index is 2.55. The van der Waals surface area contributed by atoms with Gasteiger partial charge >= 0.3 is 5.97 Å². The lowest BCUT2D eigenvalue weighted by Crippen LogP contribution is -2.13. The SMILES string of the molecule is CCOC(=O)C(C=N[C@H]1C[C@H]1F)=C(O)c1cc(F)c(F)c(OC)c1F. The van der Waals surface area contributed by atoms with Gasteiger partial charge in [-0.3, -0.25) is 4.99 Å². The molecule has 1 aliphatic carbocycles. The molecule has 136 valence electrons. The average molecular weight is 361 g/mol. The number of aliphatic imine (C=N–C) groups is 1. The molecule has 1 aromatic carbocycles. The molecule has 1 N–H and O–H groups in total. The maximum atomic E-state index is 14.3. The van der Waals surface area contributed by atoms with Crippen molar-refractivity contribution < 1.29 is 36.9 Å². The normalized spacial score (nSPS) is 20.4. The number of benzene rings is 1. The number of aliphatic hydroxyl groups excluding tert-OH is 1. The van der Waals surface area contributed by atoms with Crippen molar-refractivity contribution in [3.63, 3.8) is 0 Å². The molecule has 1 fully saturated rings. The minimum atomic E-state index is -1.58. The van der Waals surface area contributed by atoms with E-state index in [0.29, 0.717) is 6.07 Å². The largest absolute Gasteiger partial charge is 0.506 e. The Bertz CT molecular complexity index is 748. The van der Waals surface area contributed by atoms with Crippen LogP contribution in [0.15, 0.2) is 16.6 Å². The van der Waals surface area contributed by atoms with Gasteiger partial charge < -0.3 is 14.6 Å². The van der Waals surface area contributed by atoms with Gasteiger partial charge in [0.2, 0.25) is 5.82 Å². The molecular formula is C16H15F4NO4. The first kappa shape index (κ1) is 18.8. The van der Waals surface area contributed by atoms with Crippen molar-refractivity contribution in [1.82, 2.24) is 0 Å². The summed E-state index contributed by atoms with van der Waals surface area (Å²) in [5.41, 5.74) is -1.44. The maximum absolute atomic E-state index is 14.3. The fourth-order valence-electron chi connectivity index (χ4n) is 1.97. The molecule has 9 heteroatoms. The number of alkyl halides is 1. The molecule has 0 saturated heterocycles. The van der Waals surface area contributed by atoms with Crippen LogP contribution >= 0.6 is 0 Å². The number of nitrogens with zero attached hydrogens (tertiary/aromatic N) is 1. The summed E-state index contributed by atoms with van der Waals surface area (Å²) in [6.45, 7) is 1.42. The van der Waals surface area contributed by atoms with E-state index in [1.165, 1.54) is 6.92 Å². The van der Waals surface area contributed by atoms with Crippen molar-refractivity contribution in [3.8, 4) is 5.75 Å². The topological polar surface area (TPSA) is 68.1 Å². The van der Waals surface area contributed by atoms with Crippen LogP contribution in [0.4, 0.5) is 17.6 Å². The van der Waals surface area contributed by atoms with Crippen LogP contribution in [0.1, 0.15) is 18.9 Å². The van der Waals surface area contributed by atoms with Crippen LogP contribution in [-0.2, 0) is 9.53 Å². The first-order valence-corrected chi connectivity index (χ1v) is 7.31. The quantitative estimate of drug-likeness (QED) is 0.211. The highest BCUT2D eigenvalue weighted by Gasteiger charge is 2.37. The minimum absolute atomic E-state index is 0.0673. The molecule has 25 heavy (non-hydrogen) atoms. The molecule has 1 aromatic rings. The summed E-state index contributed by atoms with van der Waals surface area (Å²) in [5, 5.41) is 10.2. The predicted molar refractivity (Wildman–Crippen MR) is 80.8 cm³/mol. The molecule has 0 spiro atoms. The predicted octanol–water partition coefficient (Wildman–Crippen LogP) is 3.13. The molecule has 0 aromatic heterocycles. The molecule has 1 aliphatic rings. The summed E-state index contributed by atoms with van der Waals surface area (Å²) in [4.78, 5) is 15.7. The van der Waals surface area contributed by atoms with Gasteiger partial charge in [0.15, 0.2) is 17.4 Å². The number of carbonyl (C=O) groups excluding carboxylic acids is 1. The second kappa shape index (κ2) is 7.54. The van der Waals surface area contributed by atoms with Gasteiger partial charge in [-0.25, -0.2) is 18.0 Å². The highest BCUT2D eigenvalue weighted by molar-refractivity contribution is 6.15. The molecule has 0 amide bonds. The fourth-order valence-corrected chi connectivity index (χ4v) is 1.97. The number of hydrogen-bond donors (Lipinski definition) is 1. The Morgan fingerprint density at radius 2 is 2.04 bits per heavy atom. The third-order valence-corrected chi connectivity index (χ3v) is 3.40. The molecule has 0 bridgehead atoms. The standard InChI is InChI=1S/C16H15F4NO4/c1-3-25-16(23)8(6-21-11-5-9(11)17)14(22)7-4-10(18)13(20)15(24-2)12(7)19/h4,6,9,11,22H,3,5H2,1-2H3/t9-,11+/m1/s1. The number of halogens is 4. The second-order valence-electron chi connectivity index (χ2n) is 5.15. The van der Waals surface area contributed by atoms with Crippen molar-refractivity contribution in [3.05, 3.63) is 34.7 Å². The van der Waals surface area contributed by atoms with E-state index in [2.05, 4.69) is 9.73 Å². The first-order valence-electron chi connectivity index (χ1n) is 7.31. The van der Waals surface area contributed by atoms with Gasteiger partial charge in [0.1, 0.15) is 17.5 Å². The second-order valence-corrected chi connectivity index (χ2v) is 5.15. The number of rotatable bonds is 6. The number of esters is 1.